The summed E-state index contributed by atoms with van der Waals surface area (Å²) in [5, 5.41) is 2.96. The Kier molecular flexibility index (Phi) is 10.2. The quantitative estimate of drug-likeness (QED) is 0.720. The minimum atomic E-state index is -0.484. The summed E-state index contributed by atoms with van der Waals surface area (Å²) < 4.78 is 0. The van der Waals surface area contributed by atoms with E-state index < -0.39 is 6.04 Å². The van der Waals surface area contributed by atoms with Gasteiger partial charge in [0.1, 0.15) is 6.04 Å². The molecular formula is C20H32ClN3O2S. The number of halogens is 1. The second-order valence-corrected chi connectivity index (χ2v) is 8.21. The third-order valence-corrected chi connectivity index (χ3v) is 5.65. The molecule has 152 valence electrons. The zero-order valence-corrected chi connectivity index (χ0v) is 18.1. The summed E-state index contributed by atoms with van der Waals surface area (Å²) in [6.07, 6.45) is 4.68. The average molecular weight is 414 g/mol. The molecule has 3 unspecified atom stereocenters. The number of nitrogens with one attached hydrogen (secondary N) is 1. The second-order valence-electron chi connectivity index (χ2n) is 7.22. The Balaban J connectivity index is 0.00000364. The van der Waals surface area contributed by atoms with Crippen LogP contribution in [0.4, 0.5) is 0 Å². The topological polar surface area (TPSA) is 75.4 Å². The number of rotatable bonds is 7. The summed E-state index contributed by atoms with van der Waals surface area (Å²) in [7, 11) is 0. The maximum atomic E-state index is 13.1. The monoisotopic (exact) mass is 413 g/mol. The van der Waals surface area contributed by atoms with Crippen LogP contribution in [0, 0.1) is 12.8 Å². The fraction of sp³-hybridized carbons (Fsp3) is 0.600. The van der Waals surface area contributed by atoms with E-state index in [2.05, 4.69) is 5.32 Å². The molecule has 1 aliphatic heterocycles. The smallest absolute Gasteiger partial charge is 0.251 e. The van der Waals surface area contributed by atoms with E-state index in [-0.39, 0.29) is 30.3 Å². The van der Waals surface area contributed by atoms with Gasteiger partial charge in [-0.15, -0.1) is 12.4 Å². The first kappa shape index (κ1) is 23.8. The summed E-state index contributed by atoms with van der Waals surface area (Å²) in [4.78, 5) is 27.6. The Labute approximate surface area is 173 Å². The van der Waals surface area contributed by atoms with Crippen LogP contribution in [-0.4, -0.2) is 53.9 Å². The minimum absolute atomic E-state index is 0. The second kappa shape index (κ2) is 11.6. The molecule has 1 aliphatic rings. The van der Waals surface area contributed by atoms with Crippen molar-refractivity contribution in [2.75, 3.05) is 25.1 Å². The van der Waals surface area contributed by atoms with Gasteiger partial charge in [-0.25, -0.2) is 0 Å². The zero-order valence-electron chi connectivity index (χ0n) is 16.4. The van der Waals surface area contributed by atoms with Gasteiger partial charge < -0.3 is 16.0 Å². The molecule has 3 N–H and O–H groups in total. The van der Waals surface area contributed by atoms with E-state index in [1.165, 1.54) is 0 Å². The first-order valence-electron chi connectivity index (χ1n) is 9.33. The Morgan fingerprint density at radius 2 is 2.15 bits per heavy atom. The number of carbonyl (C=O) groups excluding carboxylic acids is 2. The van der Waals surface area contributed by atoms with Gasteiger partial charge >= 0.3 is 0 Å². The molecule has 0 spiro atoms. The van der Waals surface area contributed by atoms with E-state index >= 15 is 0 Å². The maximum absolute atomic E-state index is 13.1. The number of benzene rings is 1. The number of likely N-dealkylation sites (tertiary alicyclic amines) is 1. The van der Waals surface area contributed by atoms with Crippen LogP contribution in [0.1, 0.15) is 42.1 Å². The molecule has 5 nitrogen and oxygen atoms in total. The number of nitrogens with zero attached hydrogens (tertiary/aromatic N) is 1. The molecule has 0 aromatic heterocycles. The highest BCUT2D eigenvalue weighted by Gasteiger charge is 2.31. The van der Waals surface area contributed by atoms with Crippen molar-refractivity contribution in [1.29, 1.82) is 0 Å². The highest BCUT2D eigenvalue weighted by atomic mass is 35.5. The molecular weight excluding hydrogens is 382 g/mol. The van der Waals surface area contributed by atoms with Gasteiger partial charge in [0.15, 0.2) is 0 Å². The van der Waals surface area contributed by atoms with Gasteiger partial charge in [0.25, 0.3) is 5.91 Å². The lowest BCUT2D eigenvalue weighted by Crippen LogP contribution is -2.53. The van der Waals surface area contributed by atoms with Gasteiger partial charge in [-0.05, 0) is 63.2 Å². The van der Waals surface area contributed by atoms with Crippen molar-refractivity contribution in [1.82, 2.24) is 10.2 Å². The highest BCUT2D eigenvalue weighted by molar-refractivity contribution is 7.98. The van der Waals surface area contributed by atoms with E-state index in [1.54, 1.807) is 17.8 Å². The van der Waals surface area contributed by atoms with E-state index in [9.17, 15) is 9.59 Å². The number of hydrogen-bond acceptors (Lipinski definition) is 4. The third-order valence-electron chi connectivity index (χ3n) is 5.01. The lowest BCUT2D eigenvalue weighted by Gasteiger charge is -2.36. The predicted molar refractivity (Wildman–Crippen MR) is 116 cm³/mol. The number of carbonyl (C=O) groups is 2. The van der Waals surface area contributed by atoms with Crippen molar-refractivity contribution < 1.29 is 9.59 Å². The molecule has 1 heterocycles. The van der Waals surface area contributed by atoms with Gasteiger partial charge in [0.2, 0.25) is 5.91 Å². The molecule has 0 bridgehead atoms. The lowest BCUT2D eigenvalue weighted by atomic mass is 9.91. The van der Waals surface area contributed by atoms with Crippen molar-refractivity contribution in [2.45, 2.75) is 45.2 Å². The predicted octanol–water partition coefficient (Wildman–Crippen LogP) is 2.85. The third kappa shape index (κ3) is 7.01. The Morgan fingerprint density at radius 3 is 2.78 bits per heavy atom. The largest absolute Gasteiger partial charge is 0.341 e. The van der Waals surface area contributed by atoms with Crippen molar-refractivity contribution in [3.05, 3.63) is 35.4 Å². The van der Waals surface area contributed by atoms with Gasteiger partial charge in [-0.1, -0.05) is 17.7 Å². The fourth-order valence-electron chi connectivity index (χ4n) is 3.38. The standard InChI is InChI=1S/C20H31N3O2S.ClH/c1-14-6-4-7-16(12-14)19(24)22-18(9-11-26-3)20(25)23-10-5-8-17(13-23)15(2)21;/h4,6-7,12,15,17-18H,5,8-11,13,21H2,1-3H3,(H,22,24);1H. The molecule has 0 aliphatic carbocycles. The van der Waals surface area contributed by atoms with E-state index in [4.69, 9.17) is 5.73 Å². The number of hydrogen-bond donors (Lipinski definition) is 2. The molecule has 27 heavy (non-hydrogen) atoms. The number of piperidine rings is 1. The molecule has 0 saturated carbocycles. The average Bonchev–Trinajstić information content (AvgIpc) is 2.64. The fourth-order valence-corrected chi connectivity index (χ4v) is 3.85. The van der Waals surface area contributed by atoms with Crippen LogP contribution in [0.2, 0.25) is 0 Å². The molecule has 1 aromatic rings. The van der Waals surface area contributed by atoms with Crippen molar-refractivity contribution >= 4 is 36.0 Å². The van der Waals surface area contributed by atoms with Crippen LogP contribution in [0.25, 0.3) is 0 Å². The Bertz CT molecular complexity index is 627. The summed E-state index contributed by atoms with van der Waals surface area (Å²) >= 11 is 1.68. The molecule has 1 fully saturated rings. The summed E-state index contributed by atoms with van der Waals surface area (Å²) in [6.45, 7) is 5.39. The zero-order chi connectivity index (χ0) is 19.1. The summed E-state index contributed by atoms with van der Waals surface area (Å²) in [5.74, 6) is 0.996. The summed E-state index contributed by atoms with van der Waals surface area (Å²) in [5.41, 5.74) is 7.67. The number of aryl methyl sites for hydroxylation is 1. The molecule has 7 heteroatoms. The number of amides is 2. The number of nitrogens with two attached hydrogens (primary N) is 1. The van der Waals surface area contributed by atoms with Crippen LogP contribution < -0.4 is 11.1 Å². The van der Waals surface area contributed by atoms with Gasteiger partial charge in [-0.2, -0.15) is 11.8 Å². The first-order valence-corrected chi connectivity index (χ1v) is 10.7. The molecule has 0 radical (unpaired) electrons. The van der Waals surface area contributed by atoms with Crippen molar-refractivity contribution in [3.8, 4) is 0 Å². The normalized spacial score (nSPS) is 19.0. The SMILES string of the molecule is CSCCC(NC(=O)c1cccc(C)c1)C(=O)N1CCCC(C(C)N)C1.Cl. The van der Waals surface area contributed by atoms with Crippen molar-refractivity contribution in [2.24, 2.45) is 11.7 Å². The van der Waals surface area contributed by atoms with E-state index in [1.807, 2.05) is 43.2 Å². The molecule has 1 saturated heterocycles. The lowest BCUT2D eigenvalue weighted by molar-refractivity contribution is -0.135. The van der Waals surface area contributed by atoms with Crippen LogP contribution in [-0.2, 0) is 4.79 Å². The first-order chi connectivity index (χ1) is 12.4. The number of thioether (sulfide) groups is 1. The molecule has 3 atom stereocenters. The highest BCUT2D eigenvalue weighted by Crippen LogP contribution is 2.20. The summed E-state index contributed by atoms with van der Waals surface area (Å²) in [6, 6.07) is 7.04. The van der Waals surface area contributed by atoms with Crippen LogP contribution in [0.3, 0.4) is 0 Å². The van der Waals surface area contributed by atoms with Crippen LogP contribution >= 0.6 is 24.2 Å². The molecule has 2 amide bonds. The minimum Gasteiger partial charge on any atom is -0.341 e. The maximum Gasteiger partial charge on any atom is 0.251 e. The van der Waals surface area contributed by atoms with Crippen LogP contribution in [0.15, 0.2) is 24.3 Å². The molecule has 1 aromatic carbocycles. The van der Waals surface area contributed by atoms with E-state index in [0.717, 1.165) is 30.7 Å². The van der Waals surface area contributed by atoms with Crippen molar-refractivity contribution in [3.63, 3.8) is 0 Å². The van der Waals surface area contributed by atoms with Crippen LogP contribution in [0.5, 0.6) is 0 Å². The Hall–Kier alpha value is -1.24. The molecule has 2 rings (SSSR count). The van der Waals surface area contributed by atoms with Gasteiger partial charge in [-0.3, -0.25) is 9.59 Å². The van der Waals surface area contributed by atoms with Gasteiger partial charge in [0.05, 0.1) is 0 Å². The van der Waals surface area contributed by atoms with E-state index in [0.29, 0.717) is 24.4 Å². The Morgan fingerprint density at radius 1 is 1.41 bits per heavy atom. The van der Waals surface area contributed by atoms with Gasteiger partial charge in [0, 0.05) is 24.7 Å².